The second-order valence-electron chi connectivity index (χ2n) is 13.6. The first-order valence-corrected chi connectivity index (χ1v) is 18.2. The van der Waals surface area contributed by atoms with Gasteiger partial charge in [-0.15, -0.1) is 0 Å². The Labute approximate surface area is 318 Å². The smallest absolute Gasteiger partial charge is 0.211 e. The molecule has 10 aromatic rings. The molecule has 0 spiro atoms. The van der Waals surface area contributed by atoms with Crippen LogP contribution in [0.1, 0.15) is 5.56 Å². The van der Waals surface area contributed by atoms with Crippen LogP contribution in [-0.2, 0) is 0 Å². The minimum absolute atomic E-state index is 0.427. The van der Waals surface area contributed by atoms with Crippen molar-refractivity contribution in [2.75, 3.05) is 4.90 Å². The van der Waals surface area contributed by atoms with E-state index in [4.69, 9.17) is 6.57 Å². The quantitative estimate of drug-likeness (QED) is 0.162. The van der Waals surface area contributed by atoms with E-state index in [1.807, 2.05) is 18.2 Å². The molecule has 0 unspecified atom stereocenters. The minimum Gasteiger partial charge on any atom is -0.318 e. The maximum atomic E-state index is 10.4. The largest absolute Gasteiger partial charge is 0.318 e. The molecule has 0 bridgehead atoms. The summed E-state index contributed by atoms with van der Waals surface area (Å²) < 4.78 is 4.46. The van der Waals surface area contributed by atoms with E-state index in [0.29, 0.717) is 16.9 Å². The summed E-state index contributed by atoms with van der Waals surface area (Å²) in [6, 6.07) is 67.3. The Bertz CT molecular complexity index is 3090. The molecule has 0 saturated heterocycles. The van der Waals surface area contributed by atoms with Crippen molar-refractivity contribution in [3.63, 3.8) is 0 Å². The van der Waals surface area contributed by atoms with Gasteiger partial charge in [0.15, 0.2) is 0 Å². The van der Waals surface area contributed by atoms with Crippen LogP contribution in [0.5, 0.6) is 0 Å². The number of para-hydroxylation sites is 5. The van der Waals surface area contributed by atoms with Crippen molar-refractivity contribution in [3.8, 4) is 28.6 Å². The van der Waals surface area contributed by atoms with Crippen LogP contribution in [0, 0.1) is 17.9 Å². The van der Waals surface area contributed by atoms with Gasteiger partial charge in [-0.05, 0) is 90.0 Å². The van der Waals surface area contributed by atoms with Crippen molar-refractivity contribution in [1.82, 2.24) is 9.13 Å². The number of nitrogens with zero attached hydrogens (tertiary/aromatic N) is 5. The minimum atomic E-state index is 0.427. The maximum Gasteiger partial charge on any atom is 0.211 e. The Balaban J connectivity index is 1.31. The molecular formula is C50H31N5. The molecule has 0 radical (unpaired) electrons. The first-order valence-electron chi connectivity index (χ1n) is 18.2. The third-order valence-corrected chi connectivity index (χ3v) is 10.5. The second-order valence-corrected chi connectivity index (χ2v) is 13.6. The van der Waals surface area contributed by atoms with Crippen molar-refractivity contribution in [2.24, 2.45) is 0 Å². The molecule has 5 nitrogen and oxygen atoms in total. The molecule has 2 aromatic heterocycles. The zero-order valence-corrected chi connectivity index (χ0v) is 29.6. The highest BCUT2D eigenvalue weighted by molar-refractivity contribution is 6.18. The first kappa shape index (κ1) is 31.8. The van der Waals surface area contributed by atoms with E-state index >= 15 is 0 Å². The molecule has 10 rings (SSSR count). The molecule has 0 amide bonds. The average Bonchev–Trinajstić information content (AvgIpc) is 3.76. The van der Waals surface area contributed by atoms with E-state index in [1.54, 1.807) is 18.2 Å². The molecule has 0 aliphatic carbocycles. The summed E-state index contributed by atoms with van der Waals surface area (Å²) in [6.07, 6.45) is 0. The summed E-state index contributed by atoms with van der Waals surface area (Å²) in [5, 5.41) is 14.8. The number of rotatable bonds is 6. The van der Waals surface area contributed by atoms with Gasteiger partial charge in [-0.1, -0.05) is 109 Å². The lowest BCUT2D eigenvalue weighted by molar-refractivity contribution is 1.17. The van der Waals surface area contributed by atoms with Gasteiger partial charge in [-0.25, -0.2) is 4.85 Å². The van der Waals surface area contributed by atoms with Gasteiger partial charge in [0.05, 0.1) is 46.0 Å². The van der Waals surface area contributed by atoms with E-state index in [-0.39, 0.29) is 0 Å². The van der Waals surface area contributed by atoms with Gasteiger partial charge in [-0.3, -0.25) is 0 Å². The van der Waals surface area contributed by atoms with E-state index < -0.39 is 0 Å². The molecule has 0 aliphatic rings. The van der Waals surface area contributed by atoms with Crippen LogP contribution in [0.2, 0.25) is 0 Å². The topological polar surface area (TPSA) is 41.2 Å². The van der Waals surface area contributed by atoms with E-state index in [9.17, 15) is 5.26 Å². The zero-order chi connectivity index (χ0) is 36.9. The highest BCUT2D eigenvalue weighted by Crippen LogP contribution is 2.45. The van der Waals surface area contributed by atoms with E-state index in [1.165, 1.54) is 10.8 Å². The molecule has 2 heterocycles. The zero-order valence-electron chi connectivity index (χ0n) is 29.6. The molecule has 0 atom stereocenters. The van der Waals surface area contributed by atoms with Crippen LogP contribution in [0.25, 0.3) is 71.0 Å². The number of nitriles is 1. The second kappa shape index (κ2) is 13.0. The normalized spacial score (nSPS) is 11.2. The van der Waals surface area contributed by atoms with Gasteiger partial charge < -0.3 is 14.0 Å². The third kappa shape index (κ3) is 5.07. The molecule has 0 fully saturated rings. The Hall–Kier alpha value is -7.86. The van der Waals surface area contributed by atoms with Crippen molar-refractivity contribution >= 4 is 66.4 Å². The van der Waals surface area contributed by atoms with Crippen LogP contribution in [0.15, 0.2) is 188 Å². The highest BCUT2D eigenvalue weighted by Gasteiger charge is 2.23. The predicted octanol–water partition coefficient (Wildman–Crippen LogP) is 13.4. The highest BCUT2D eigenvalue weighted by atomic mass is 15.1. The van der Waals surface area contributed by atoms with Gasteiger partial charge in [0.2, 0.25) is 5.69 Å². The van der Waals surface area contributed by atoms with Gasteiger partial charge in [0.25, 0.3) is 0 Å². The lowest BCUT2D eigenvalue weighted by Gasteiger charge is -2.25. The molecule has 8 aromatic carbocycles. The van der Waals surface area contributed by atoms with Crippen LogP contribution in [0.3, 0.4) is 0 Å². The number of hydrogen-bond donors (Lipinski definition) is 0. The Morgan fingerprint density at radius 2 is 1.13 bits per heavy atom. The molecule has 0 N–H and O–H groups in total. The number of fused-ring (bicyclic) bond motifs is 6. The van der Waals surface area contributed by atoms with Crippen LogP contribution in [0.4, 0.5) is 22.7 Å². The number of hydrogen-bond acceptors (Lipinski definition) is 2. The summed E-state index contributed by atoms with van der Waals surface area (Å²) in [6.45, 7) is 8.14. The van der Waals surface area contributed by atoms with Crippen molar-refractivity contribution < 1.29 is 0 Å². The molecule has 0 saturated carbocycles. The fraction of sp³-hybridized carbons (Fsp3) is 0. The fourth-order valence-electron chi connectivity index (χ4n) is 8.22. The van der Waals surface area contributed by atoms with Crippen molar-refractivity contribution in [1.29, 1.82) is 5.26 Å². The SMILES string of the molecule is [C-]#[N+]c1cccc(C#N)c1-n1c2ccc(N(c3ccccc3)c3ccccc3)cc2c2c(-c3ccc4c5ccccc5n(-c5ccccc5)c4c3)cccc21. The molecule has 256 valence electrons. The van der Waals surface area contributed by atoms with Crippen molar-refractivity contribution in [3.05, 3.63) is 205 Å². The first-order chi connectivity index (χ1) is 27.2. The predicted molar refractivity (Wildman–Crippen MR) is 226 cm³/mol. The summed E-state index contributed by atoms with van der Waals surface area (Å²) in [5.74, 6) is 0. The summed E-state index contributed by atoms with van der Waals surface area (Å²) in [5.41, 5.74) is 11.9. The monoisotopic (exact) mass is 701 g/mol. The van der Waals surface area contributed by atoms with E-state index in [2.05, 4.69) is 177 Å². The summed E-state index contributed by atoms with van der Waals surface area (Å²) in [4.78, 5) is 6.18. The summed E-state index contributed by atoms with van der Waals surface area (Å²) in [7, 11) is 0. The molecule has 0 aliphatic heterocycles. The average molecular weight is 702 g/mol. The molecule has 55 heavy (non-hydrogen) atoms. The van der Waals surface area contributed by atoms with Crippen LogP contribution < -0.4 is 4.90 Å². The standard InChI is InChI=1S/C50H31N5/c1-52-44-24-13-15-35(33-51)50(44)55-46-30-28-39(53(36-16-5-2-6-17-36)37-18-7-3-8-19-37)32-43(46)49-40(23-14-26-47(49)55)34-27-29-42-41-22-11-12-25-45(41)54(48(42)31-34)38-20-9-4-10-21-38/h2-32H. The Morgan fingerprint density at radius 1 is 0.491 bits per heavy atom. The Kier molecular flexibility index (Phi) is 7.51. The molecule has 5 heteroatoms. The van der Waals surface area contributed by atoms with Gasteiger partial charge >= 0.3 is 0 Å². The van der Waals surface area contributed by atoms with Crippen molar-refractivity contribution in [2.45, 2.75) is 0 Å². The maximum absolute atomic E-state index is 10.4. The number of aromatic nitrogens is 2. The molecular weight excluding hydrogens is 671 g/mol. The lowest BCUT2D eigenvalue weighted by atomic mass is 9.98. The van der Waals surface area contributed by atoms with Crippen LogP contribution in [-0.4, -0.2) is 9.13 Å². The summed E-state index contributed by atoms with van der Waals surface area (Å²) >= 11 is 0. The Morgan fingerprint density at radius 3 is 1.85 bits per heavy atom. The van der Waals surface area contributed by atoms with Crippen LogP contribution >= 0.6 is 0 Å². The number of benzene rings is 8. The fourth-order valence-corrected chi connectivity index (χ4v) is 8.22. The van der Waals surface area contributed by atoms with Gasteiger partial charge in [0, 0.05) is 44.3 Å². The number of anilines is 3. The lowest BCUT2D eigenvalue weighted by Crippen LogP contribution is -2.09. The third-order valence-electron chi connectivity index (χ3n) is 10.5. The van der Waals surface area contributed by atoms with Gasteiger partial charge in [-0.2, -0.15) is 5.26 Å². The van der Waals surface area contributed by atoms with E-state index in [0.717, 1.165) is 66.7 Å². The van der Waals surface area contributed by atoms with Gasteiger partial charge in [0.1, 0.15) is 0 Å².